The van der Waals surface area contributed by atoms with E-state index in [4.69, 9.17) is 4.74 Å². The fourth-order valence-corrected chi connectivity index (χ4v) is 1.25. The van der Waals surface area contributed by atoms with E-state index in [9.17, 15) is 13.2 Å². The molecule has 2 N–H and O–H groups in total. The Balaban J connectivity index is 3.59. The molecule has 0 saturated carbocycles. The Labute approximate surface area is 84.1 Å². The lowest BCUT2D eigenvalue weighted by Crippen LogP contribution is -2.34. The molecule has 7 heteroatoms. The molecule has 0 aromatic heterocycles. The molecule has 0 fully saturated rings. The van der Waals surface area contributed by atoms with Crippen LogP contribution >= 0.6 is 0 Å². The lowest BCUT2D eigenvalue weighted by molar-refractivity contribution is -0.125. The first-order chi connectivity index (χ1) is 6.52. The molecule has 0 unspecified atom stereocenters. The fraction of sp³-hybridized carbons (Fsp3) is 0.857. The third-order valence-electron chi connectivity index (χ3n) is 1.44. The van der Waals surface area contributed by atoms with E-state index in [1.807, 2.05) is 0 Å². The minimum Gasteiger partial charge on any atom is -0.372 e. The molecule has 0 bridgehead atoms. The lowest BCUT2D eigenvalue weighted by atomic mass is 10.6. The van der Waals surface area contributed by atoms with E-state index in [1.165, 1.54) is 7.05 Å². The van der Waals surface area contributed by atoms with Crippen molar-refractivity contribution in [1.29, 1.82) is 0 Å². The zero-order chi connectivity index (χ0) is 11.0. The van der Waals surface area contributed by atoms with Crippen molar-refractivity contribution in [3.05, 3.63) is 0 Å². The van der Waals surface area contributed by atoms with Gasteiger partial charge in [-0.3, -0.25) is 4.79 Å². The molecule has 0 rings (SSSR count). The summed E-state index contributed by atoms with van der Waals surface area (Å²) in [7, 11) is -1.91. The first kappa shape index (κ1) is 13.3. The average molecular weight is 224 g/mol. The largest absolute Gasteiger partial charge is 0.372 e. The Morgan fingerprint density at radius 3 is 2.57 bits per heavy atom. The highest BCUT2D eigenvalue weighted by Crippen LogP contribution is 1.80. The molecule has 0 aromatic rings. The van der Waals surface area contributed by atoms with Crippen LogP contribution in [0.2, 0.25) is 0 Å². The summed E-state index contributed by atoms with van der Waals surface area (Å²) in [6, 6.07) is 0. The third-order valence-corrected chi connectivity index (χ3v) is 2.80. The molecular formula is C7H16N2O4S. The van der Waals surface area contributed by atoms with E-state index in [0.29, 0.717) is 6.61 Å². The van der Waals surface area contributed by atoms with Crippen molar-refractivity contribution in [3.63, 3.8) is 0 Å². The fourth-order valence-electron chi connectivity index (χ4n) is 0.673. The van der Waals surface area contributed by atoms with Gasteiger partial charge < -0.3 is 10.1 Å². The summed E-state index contributed by atoms with van der Waals surface area (Å²) in [5.41, 5.74) is 0. The second kappa shape index (κ2) is 6.74. The molecule has 0 atom stereocenters. The molecule has 0 heterocycles. The predicted molar refractivity (Wildman–Crippen MR) is 52.3 cm³/mol. The number of carbonyl (C=O) groups is 1. The maximum atomic E-state index is 10.9. The summed E-state index contributed by atoms with van der Waals surface area (Å²) >= 11 is 0. The molecule has 0 radical (unpaired) electrons. The van der Waals surface area contributed by atoms with Crippen LogP contribution < -0.4 is 10.0 Å². The highest BCUT2D eigenvalue weighted by molar-refractivity contribution is 7.89. The minimum atomic E-state index is -3.24. The van der Waals surface area contributed by atoms with Gasteiger partial charge in [0.15, 0.2) is 0 Å². The molecule has 6 nitrogen and oxygen atoms in total. The monoisotopic (exact) mass is 224 g/mol. The summed E-state index contributed by atoms with van der Waals surface area (Å²) in [6.07, 6.45) is 0. The molecule has 0 spiro atoms. The molecule has 0 aliphatic carbocycles. The van der Waals surface area contributed by atoms with E-state index >= 15 is 0 Å². The van der Waals surface area contributed by atoms with Gasteiger partial charge in [0.25, 0.3) is 0 Å². The minimum absolute atomic E-state index is 0.0316. The maximum absolute atomic E-state index is 10.9. The smallest absolute Gasteiger partial charge is 0.246 e. The average Bonchev–Trinajstić information content (AvgIpc) is 2.14. The van der Waals surface area contributed by atoms with Gasteiger partial charge in [-0.1, -0.05) is 0 Å². The number of hydrogen-bond donors (Lipinski definition) is 2. The Morgan fingerprint density at radius 1 is 1.43 bits per heavy atom. The predicted octanol–water partition coefficient (Wildman–Crippen LogP) is -1.31. The van der Waals surface area contributed by atoms with E-state index in [-0.39, 0.29) is 24.8 Å². The van der Waals surface area contributed by atoms with Gasteiger partial charge >= 0.3 is 0 Å². The van der Waals surface area contributed by atoms with Crippen LogP contribution in [-0.2, 0) is 19.6 Å². The number of amides is 1. The van der Waals surface area contributed by atoms with Crippen LogP contribution in [0.3, 0.4) is 0 Å². The van der Waals surface area contributed by atoms with Crippen LogP contribution in [0.5, 0.6) is 0 Å². The molecule has 84 valence electrons. The number of sulfonamides is 1. The summed E-state index contributed by atoms with van der Waals surface area (Å²) in [4.78, 5) is 10.9. The number of carbonyl (C=O) groups excluding carboxylic acids is 1. The summed E-state index contributed by atoms with van der Waals surface area (Å²) in [6.45, 7) is 2.30. The molecule has 0 saturated heterocycles. The van der Waals surface area contributed by atoms with Crippen molar-refractivity contribution in [3.8, 4) is 0 Å². The van der Waals surface area contributed by atoms with Crippen LogP contribution in [-0.4, -0.2) is 46.9 Å². The lowest BCUT2D eigenvalue weighted by Gasteiger charge is -2.05. The van der Waals surface area contributed by atoms with Crippen LogP contribution in [0, 0.1) is 0 Å². The Kier molecular flexibility index (Phi) is 6.43. The van der Waals surface area contributed by atoms with Crippen molar-refractivity contribution >= 4 is 15.9 Å². The van der Waals surface area contributed by atoms with Crippen molar-refractivity contribution in [2.45, 2.75) is 6.92 Å². The summed E-state index contributed by atoms with van der Waals surface area (Å²) in [5.74, 6) is -0.431. The van der Waals surface area contributed by atoms with Crippen LogP contribution in [0.25, 0.3) is 0 Å². The van der Waals surface area contributed by atoms with E-state index in [2.05, 4.69) is 10.0 Å². The normalized spacial score (nSPS) is 11.3. The standard InChI is InChI=1S/C7H16N2O4S/c1-3-13-6-7(10)9-4-5-14(11,12)8-2/h8H,3-6H2,1-2H3,(H,9,10). The van der Waals surface area contributed by atoms with Gasteiger partial charge in [-0.25, -0.2) is 13.1 Å². The van der Waals surface area contributed by atoms with Gasteiger partial charge in [-0.2, -0.15) is 0 Å². The van der Waals surface area contributed by atoms with Crippen molar-refractivity contribution in [2.75, 3.05) is 32.6 Å². The quantitative estimate of drug-likeness (QED) is 0.562. The van der Waals surface area contributed by atoms with Crippen molar-refractivity contribution in [1.82, 2.24) is 10.0 Å². The van der Waals surface area contributed by atoms with Crippen LogP contribution in [0.15, 0.2) is 0 Å². The van der Waals surface area contributed by atoms with Crippen molar-refractivity contribution < 1.29 is 17.9 Å². The van der Waals surface area contributed by atoms with Crippen molar-refractivity contribution in [2.24, 2.45) is 0 Å². The second-order valence-corrected chi connectivity index (χ2v) is 4.56. The zero-order valence-electron chi connectivity index (χ0n) is 8.37. The second-order valence-electron chi connectivity index (χ2n) is 2.51. The molecule has 0 aliphatic rings. The summed E-state index contributed by atoms with van der Waals surface area (Å²) < 4.78 is 28.8. The van der Waals surface area contributed by atoms with Crippen LogP contribution in [0.1, 0.15) is 6.92 Å². The molecule has 14 heavy (non-hydrogen) atoms. The van der Waals surface area contributed by atoms with Gasteiger partial charge in [0.2, 0.25) is 15.9 Å². The number of ether oxygens (including phenoxy) is 1. The molecular weight excluding hydrogens is 208 g/mol. The Morgan fingerprint density at radius 2 is 2.07 bits per heavy atom. The highest BCUT2D eigenvalue weighted by atomic mass is 32.2. The highest BCUT2D eigenvalue weighted by Gasteiger charge is 2.07. The van der Waals surface area contributed by atoms with Gasteiger partial charge in [0.1, 0.15) is 6.61 Å². The molecule has 0 aliphatic heterocycles. The Bertz CT molecular complexity index is 263. The number of hydrogen-bond acceptors (Lipinski definition) is 4. The SMILES string of the molecule is CCOCC(=O)NCCS(=O)(=O)NC. The van der Waals surface area contributed by atoms with Gasteiger partial charge in [0.05, 0.1) is 5.75 Å². The van der Waals surface area contributed by atoms with Gasteiger partial charge in [-0.05, 0) is 14.0 Å². The van der Waals surface area contributed by atoms with Crippen LogP contribution in [0.4, 0.5) is 0 Å². The summed E-state index contributed by atoms with van der Waals surface area (Å²) in [5, 5.41) is 2.42. The third kappa shape index (κ3) is 6.81. The maximum Gasteiger partial charge on any atom is 0.246 e. The number of rotatable bonds is 7. The first-order valence-corrected chi connectivity index (χ1v) is 5.92. The number of nitrogens with one attached hydrogen (secondary N) is 2. The van der Waals surface area contributed by atoms with E-state index in [0.717, 1.165) is 0 Å². The van der Waals surface area contributed by atoms with E-state index < -0.39 is 10.0 Å². The molecule has 0 aromatic carbocycles. The van der Waals surface area contributed by atoms with Gasteiger partial charge in [-0.15, -0.1) is 0 Å². The topological polar surface area (TPSA) is 84.5 Å². The first-order valence-electron chi connectivity index (χ1n) is 4.27. The van der Waals surface area contributed by atoms with Gasteiger partial charge in [0, 0.05) is 13.2 Å². The zero-order valence-corrected chi connectivity index (χ0v) is 9.19. The van der Waals surface area contributed by atoms with E-state index in [1.54, 1.807) is 6.92 Å². The molecule has 1 amide bonds. The Hall–Kier alpha value is -0.660.